The van der Waals surface area contributed by atoms with Crippen LogP contribution in [0.15, 0.2) is 157 Å². The summed E-state index contributed by atoms with van der Waals surface area (Å²) in [6.45, 7) is 11.8. The Morgan fingerprint density at radius 1 is 0.945 bits per heavy atom. The van der Waals surface area contributed by atoms with E-state index in [-0.39, 0.29) is 29.0 Å². The van der Waals surface area contributed by atoms with Crippen LogP contribution in [0.3, 0.4) is 0 Å². The molecule has 0 radical (unpaired) electrons. The molecule has 0 fully saturated rings. The summed E-state index contributed by atoms with van der Waals surface area (Å²) in [5.74, 6) is -0.795. The molecule has 0 atom stereocenters. The number of amides is 3. The molecule has 1 heterocycles. The Morgan fingerprint density at radius 3 is 2.24 bits per heavy atom. The first-order valence-electron chi connectivity index (χ1n) is 17.7. The number of halogens is 1. The number of rotatable bonds is 16. The molecule has 1 aliphatic heterocycles. The van der Waals surface area contributed by atoms with Crippen LogP contribution in [-0.4, -0.2) is 40.1 Å². The lowest BCUT2D eigenvalue weighted by Gasteiger charge is -2.28. The van der Waals surface area contributed by atoms with E-state index in [1.54, 1.807) is 49.4 Å². The fourth-order valence-electron chi connectivity index (χ4n) is 5.83. The van der Waals surface area contributed by atoms with Gasteiger partial charge in [0.1, 0.15) is 12.2 Å². The zero-order valence-electron chi connectivity index (χ0n) is 30.7. The summed E-state index contributed by atoms with van der Waals surface area (Å²) in [6.07, 6.45) is 10.3. The minimum atomic E-state index is -0.735. The maximum Gasteiger partial charge on any atom is 0.285 e. The first-order chi connectivity index (χ1) is 26.8. The van der Waals surface area contributed by atoms with Crippen LogP contribution in [0.25, 0.3) is 6.08 Å². The zero-order chi connectivity index (χ0) is 39.2. The topological polar surface area (TPSA) is 97.3 Å². The number of nitrogens with zero attached hydrogens (tertiary/aromatic N) is 2. The van der Waals surface area contributed by atoms with Gasteiger partial charge in [0.25, 0.3) is 11.8 Å². The van der Waals surface area contributed by atoms with Gasteiger partial charge in [0.2, 0.25) is 5.91 Å². The Hall–Kier alpha value is -5.90. The van der Waals surface area contributed by atoms with Crippen LogP contribution in [-0.2, 0) is 27.4 Å². The fourth-order valence-corrected chi connectivity index (χ4v) is 6.82. The lowest BCUT2D eigenvalue weighted by atomic mass is 9.99. The number of hydrogen-bond acceptors (Lipinski definition) is 6. The number of benzene rings is 4. The standard InChI is InChI=1S/C45H42ClN3O5S/c1-5-9-24-36(7-3)49-44(52)37(27-31-26-34(18-6-2)42(39(28-31)53-8-4)54-29-35-23-16-17-25-38(35)46)43(51)48-45(49)55-30-40(50)47-41(32-19-12-10-13-20-32)33-21-14-11-15-22-33/h5-7,9-17,19-28,41H,1-2,8,18,29-30H2,3-4H3,(H,47,50)/b24-9-,36-7+,37-27+. The largest absolute Gasteiger partial charge is 0.490 e. The van der Waals surface area contributed by atoms with Gasteiger partial charge >= 0.3 is 0 Å². The highest BCUT2D eigenvalue weighted by Gasteiger charge is 2.35. The van der Waals surface area contributed by atoms with Gasteiger partial charge in [-0.25, -0.2) is 0 Å². The number of amidine groups is 1. The molecular weight excluding hydrogens is 730 g/mol. The van der Waals surface area contributed by atoms with Crippen LogP contribution >= 0.6 is 23.4 Å². The molecule has 0 aromatic heterocycles. The number of carbonyl (C=O) groups is 3. The molecule has 4 aromatic rings. The Balaban J connectivity index is 1.46. The van der Waals surface area contributed by atoms with Crippen LogP contribution in [0.2, 0.25) is 5.02 Å². The van der Waals surface area contributed by atoms with Crippen molar-refractivity contribution in [3.05, 3.63) is 185 Å². The predicted octanol–water partition coefficient (Wildman–Crippen LogP) is 9.44. The van der Waals surface area contributed by atoms with Gasteiger partial charge in [-0.15, -0.1) is 6.58 Å². The minimum absolute atomic E-state index is 0.0748. The summed E-state index contributed by atoms with van der Waals surface area (Å²) >= 11 is 7.39. The van der Waals surface area contributed by atoms with Crippen molar-refractivity contribution in [3.8, 4) is 11.5 Å². The second-order valence-electron chi connectivity index (χ2n) is 12.1. The highest BCUT2D eigenvalue weighted by Crippen LogP contribution is 2.36. The molecule has 8 nitrogen and oxygen atoms in total. The SMILES string of the molecule is C=C/C=C\C(=C/C)N1C(=O)/C(=C/c2cc(CC=C)c(OCc3ccccc3Cl)c(OCC)c2)C(=O)N=C1SCC(=O)NC(c1ccccc1)c1ccccc1. The van der Waals surface area contributed by atoms with Gasteiger partial charge < -0.3 is 14.8 Å². The smallest absolute Gasteiger partial charge is 0.285 e. The van der Waals surface area contributed by atoms with Crippen molar-refractivity contribution in [2.45, 2.75) is 32.9 Å². The van der Waals surface area contributed by atoms with Crippen molar-refractivity contribution in [2.75, 3.05) is 12.4 Å². The monoisotopic (exact) mass is 771 g/mol. The van der Waals surface area contributed by atoms with Crippen LogP contribution in [0.1, 0.15) is 47.7 Å². The molecule has 3 amide bonds. The Morgan fingerprint density at radius 2 is 1.62 bits per heavy atom. The van der Waals surface area contributed by atoms with Gasteiger partial charge in [0.05, 0.1) is 18.4 Å². The van der Waals surface area contributed by atoms with E-state index in [9.17, 15) is 14.4 Å². The van der Waals surface area contributed by atoms with E-state index >= 15 is 0 Å². The van der Waals surface area contributed by atoms with Crippen molar-refractivity contribution in [1.29, 1.82) is 0 Å². The molecule has 0 aliphatic carbocycles. The number of thioether (sulfide) groups is 1. The van der Waals surface area contributed by atoms with Gasteiger partial charge in [0, 0.05) is 21.8 Å². The van der Waals surface area contributed by atoms with E-state index in [1.165, 1.54) is 11.0 Å². The van der Waals surface area contributed by atoms with Crippen LogP contribution < -0.4 is 14.8 Å². The zero-order valence-corrected chi connectivity index (χ0v) is 32.3. The number of ether oxygens (including phenoxy) is 2. The summed E-state index contributed by atoms with van der Waals surface area (Å²) < 4.78 is 12.3. The van der Waals surface area contributed by atoms with Crippen molar-refractivity contribution in [1.82, 2.24) is 10.2 Å². The number of nitrogens with one attached hydrogen (secondary N) is 1. The van der Waals surface area contributed by atoms with E-state index < -0.39 is 17.9 Å². The van der Waals surface area contributed by atoms with Crippen molar-refractivity contribution in [3.63, 3.8) is 0 Å². The third kappa shape index (κ3) is 10.4. The van der Waals surface area contributed by atoms with Crippen molar-refractivity contribution >= 4 is 52.3 Å². The molecule has 1 N–H and O–H groups in total. The third-order valence-corrected chi connectivity index (χ3v) is 9.68. The van der Waals surface area contributed by atoms with Gasteiger partial charge in [-0.3, -0.25) is 19.3 Å². The number of carbonyl (C=O) groups excluding carboxylic acids is 3. The summed E-state index contributed by atoms with van der Waals surface area (Å²) in [5.41, 5.74) is 4.20. The number of allylic oxidation sites excluding steroid dienone is 5. The van der Waals surface area contributed by atoms with Crippen molar-refractivity contribution in [2.24, 2.45) is 4.99 Å². The minimum Gasteiger partial charge on any atom is -0.490 e. The molecular formula is C45H42ClN3O5S. The highest BCUT2D eigenvalue weighted by molar-refractivity contribution is 8.14. The molecule has 0 bridgehead atoms. The van der Waals surface area contributed by atoms with E-state index in [0.29, 0.717) is 40.8 Å². The van der Waals surface area contributed by atoms with E-state index in [0.717, 1.165) is 34.0 Å². The molecule has 1 aliphatic rings. The van der Waals surface area contributed by atoms with Crippen LogP contribution in [0, 0.1) is 0 Å². The summed E-state index contributed by atoms with van der Waals surface area (Å²) in [4.78, 5) is 47.3. The second-order valence-corrected chi connectivity index (χ2v) is 13.5. The van der Waals surface area contributed by atoms with E-state index in [4.69, 9.17) is 21.1 Å². The number of aliphatic imine (C=N–C) groups is 1. The normalized spacial score (nSPS) is 14.0. The lowest BCUT2D eigenvalue weighted by Crippen LogP contribution is -2.42. The molecule has 0 unspecified atom stereocenters. The molecule has 280 valence electrons. The number of hydrogen-bond donors (Lipinski definition) is 1. The van der Waals surface area contributed by atoms with E-state index in [1.807, 2.05) is 91.9 Å². The van der Waals surface area contributed by atoms with Crippen LogP contribution in [0.5, 0.6) is 11.5 Å². The molecule has 5 rings (SSSR count). The molecule has 0 saturated heterocycles. The van der Waals surface area contributed by atoms with Gasteiger partial charge in [-0.2, -0.15) is 4.99 Å². The third-order valence-electron chi connectivity index (χ3n) is 8.37. The van der Waals surface area contributed by atoms with Crippen molar-refractivity contribution < 1.29 is 23.9 Å². The van der Waals surface area contributed by atoms with Gasteiger partial charge in [-0.05, 0) is 67.3 Å². The molecule has 0 saturated carbocycles. The highest BCUT2D eigenvalue weighted by atomic mass is 35.5. The molecule has 55 heavy (non-hydrogen) atoms. The maximum atomic E-state index is 14.3. The van der Waals surface area contributed by atoms with Crippen LogP contribution in [0.4, 0.5) is 0 Å². The first-order valence-corrected chi connectivity index (χ1v) is 19.1. The Labute approximate surface area is 331 Å². The second kappa shape index (κ2) is 20.0. The molecule has 10 heteroatoms. The first kappa shape index (κ1) is 40.3. The average molecular weight is 772 g/mol. The van der Waals surface area contributed by atoms with Gasteiger partial charge in [0.15, 0.2) is 16.7 Å². The molecule has 4 aromatic carbocycles. The molecule has 0 spiro atoms. The van der Waals surface area contributed by atoms with Gasteiger partial charge in [-0.1, -0.05) is 133 Å². The summed E-state index contributed by atoms with van der Waals surface area (Å²) in [6, 6.07) is 29.9. The fraction of sp³-hybridized carbons (Fsp3) is 0.156. The Kier molecular flexibility index (Phi) is 14.6. The quantitative estimate of drug-likeness (QED) is 0.0528. The summed E-state index contributed by atoms with van der Waals surface area (Å²) in [7, 11) is 0. The lowest BCUT2D eigenvalue weighted by molar-refractivity contribution is -0.126. The van der Waals surface area contributed by atoms with E-state index in [2.05, 4.69) is 23.5 Å². The summed E-state index contributed by atoms with van der Waals surface area (Å²) in [5, 5.41) is 3.76. The average Bonchev–Trinajstić information content (AvgIpc) is 3.20. The maximum absolute atomic E-state index is 14.3. The Bertz CT molecular complexity index is 2120. The predicted molar refractivity (Wildman–Crippen MR) is 223 cm³/mol.